The Labute approximate surface area is 200 Å². The van der Waals surface area contributed by atoms with E-state index in [1.54, 1.807) is 22.8 Å². The molecular weight excluding hydrogens is 472 g/mol. The lowest BCUT2D eigenvalue weighted by Gasteiger charge is -2.15. The first kappa shape index (κ1) is 22.1. The lowest BCUT2D eigenvalue weighted by molar-refractivity contribution is 0.413. The average molecular weight is 491 g/mol. The second-order valence-corrected chi connectivity index (χ2v) is 10.4. The van der Waals surface area contributed by atoms with Crippen LogP contribution < -0.4 is 5.56 Å². The fraction of sp³-hybridized carbons (Fsp3) is 0.0769. The highest BCUT2D eigenvalue weighted by molar-refractivity contribution is 7.90. The first-order valence-electron chi connectivity index (χ1n) is 10.5. The fourth-order valence-corrected chi connectivity index (χ4v) is 5.49. The predicted octanol–water partition coefficient (Wildman–Crippen LogP) is 5.58. The van der Waals surface area contributed by atoms with Crippen LogP contribution in [-0.4, -0.2) is 18.1 Å². The number of rotatable bonds is 5. The summed E-state index contributed by atoms with van der Waals surface area (Å²) in [6.45, 7) is 1.94. The van der Waals surface area contributed by atoms with Gasteiger partial charge in [0.25, 0.3) is 5.56 Å². The van der Waals surface area contributed by atoms with Crippen LogP contribution >= 0.6 is 11.6 Å². The number of hydrogen-bond donors (Lipinski definition) is 0. The highest BCUT2D eigenvalue weighted by Gasteiger charge is 2.19. The van der Waals surface area contributed by atoms with Crippen LogP contribution in [0.25, 0.3) is 27.7 Å². The first-order chi connectivity index (χ1) is 16.3. The van der Waals surface area contributed by atoms with Crippen LogP contribution in [0.3, 0.4) is 0 Å². The molecule has 0 saturated carbocycles. The zero-order chi connectivity index (χ0) is 23.9. The summed E-state index contributed by atoms with van der Waals surface area (Å²) in [5, 5.41) is 4.98. The standard InChI is InChI=1S/C26H19ClN2O4S/c1-17-13-19(18-3-2-4-21(27)14-18)5-8-24(17)29-25-9-7-23(15-20(25)6-10-26(29)30)34(31,32)16-22-11-12-33-28-22/h2-15H,16H2,1H3. The molecule has 0 aliphatic carbocycles. The molecule has 34 heavy (non-hydrogen) atoms. The Hall–Kier alpha value is -3.68. The second kappa shape index (κ2) is 8.59. The van der Waals surface area contributed by atoms with Gasteiger partial charge in [0.2, 0.25) is 0 Å². The molecule has 170 valence electrons. The summed E-state index contributed by atoms with van der Waals surface area (Å²) in [7, 11) is -3.63. The van der Waals surface area contributed by atoms with Gasteiger partial charge in [-0.3, -0.25) is 9.36 Å². The molecular formula is C26H19ClN2O4S. The van der Waals surface area contributed by atoms with E-state index in [9.17, 15) is 13.2 Å². The van der Waals surface area contributed by atoms with Crippen LogP contribution in [0.1, 0.15) is 11.3 Å². The molecule has 5 aromatic rings. The number of hydrogen-bond acceptors (Lipinski definition) is 5. The maximum Gasteiger partial charge on any atom is 0.255 e. The third-order valence-electron chi connectivity index (χ3n) is 5.65. The van der Waals surface area contributed by atoms with Crippen LogP contribution in [0.2, 0.25) is 5.02 Å². The van der Waals surface area contributed by atoms with E-state index in [0.29, 0.717) is 21.6 Å². The maximum absolute atomic E-state index is 12.9. The van der Waals surface area contributed by atoms with Crippen molar-refractivity contribution in [3.05, 3.63) is 112 Å². The number of fused-ring (bicyclic) bond motifs is 1. The molecule has 0 radical (unpaired) electrons. The third kappa shape index (κ3) is 4.16. The van der Waals surface area contributed by atoms with Crippen LogP contribution in [0.15, 0.2) is 99.3 Å². The topological polar surface area (TPSA) is 82.2 Å². The molecule has 0 atom stereocenters. The normalized spacial score (nSPS) is 11.7. The number of benzene rings is 3. The quantitative estimate of drug-likeness (QED) is 0.321. The number of sulfone groups is 1. The Morgan fingerprint density at radius 1 is 0.941 bits per heavy atom. The van der Waals surface area contributed by atoms with Crippen LogP contribution in [-0.2, 0) is 15.6 Å². The molecule has 0 fully saturated rings. The van der Waals surface area contributed by atoms with Crippen molar-refractivity contribution in [1.29, 1.82) is 0 Å². The van der Waals surface area contributed by atoms with Gasteiger partial charge in [0.15, 0.2) is 9.84 Å². The van der Waals surface area contributed by atoms with Gasteiger partial charge in [0, 0.05) is 22.5 Å². The molecule has 0 aliphatic rings. The largest absolute Gasteiger partial charge is 0.364 e. The van der Waals surface area contributed by atoms with E-state index in [0.717, 1.165) is 22.4 Å². The Balaban J connectivity index is 1.59. The lowest BCUT2D eigenvalue weighted by Crippen LogP contribution is -2.18. The predicted molar refractivity (Wildman–Crippen MR) is 132 cm³/mol. The van der Waals surface area contributed by atoms with Gasteiger partial charge in [0.1, 0.15) is 12.0 Å². The first-order valence-corrected chi connectivity index (χ1v) is 12.5. The molecule has 0 amide bonds. The van der Waals surface area contributed by atoms with Crippen LogP contribution in [0.5, 0.6) is 0 Å². The van der Waals surface area contributed by atoms with Gasteiger partial charge in [-0.25, -0.2) is 8.42 Å². The molecule has 0 saturated heterocycles. The van der Waals surface area contributed by atoms with E-state index in [-0.39, 0.29) is 16.2 Å². The maximum atomic E-state index is 12.9. The van der Waals surface area contributed by atoms with Crippen molar-refractivity contribution in [3.8, 4) is 16.8 Å². The Kier molecular flexibility index (Phi) is 5.59. The van der Waals surface area contributed by atoms with Crippen LogP contribution in [0, 0.1) is 6.92 Å². The second-order valence-electron chi connectivity index (χ2n) is 7.99. The molecule has 0 bridgehead atoms. The fourth-order valence-electron chi connectivity index (χ4n) is 4.01. The number of aryl methyl sites for hydroxylation is 1. The number of pyridine rings is 1. The van der Waals surface area contributed by atoms with Crippen molar-refractivity contribution in [2.24, 2.45) is 0 Å². The highest BCUT2D eigenvalue weighted by Crippen LogP contribution is 2.28. The van der Waals surface area contributed by atoms with Crippen molar-refractivity contribution in [2.45, 2.75) is 17.6 Å². The van der Waals surface area contributed by atoms with Gasteiger partial charge in [-0.15, -0.1) is 0 Å². The molecule has 8 heteroatoms. The average Bonchev–Trinajstić information content (AvgIpc) is 3.31. The minimum absolute atomic E-state index is 0.154. The summed E-state index contributed by atoms with van der Waals surface area (Å²) < 4.78 is 32.0. The van der Waals surface area contributed by atoms with Gasteiger partial charge >= 0.3 is 0 Å². The minimum Gasteiger partial charge on any atom is -0.364 e. The number of nitrogens with zero attached hydrogens (tertiary/aromatic N) is 2. The molecule has 6 nitrogen and oxygen atoms in total. The number of aromatic nitrogens is 2. The van der Waals surface area contributed by atoms with Crippen molar-refractivity contribution in [3.63, 3.8) is 0 Å². The molecule has 0 unspecified atom stereocenters. The van der Waals surface area contributed by atoms with E-state index in [1.807, 2.05) is 49.4 Å². The minimum atomic E-state index is -3.63. The molecule has 3 aromatic carbocycles. The molecule has 0 aliphatic heterocycles. The summed E-state index contributed by atoms with van der Waals surface area (Å²) >= 11 is 6.14. The van der Waals surface area contributed by atoms with Crippen molar-refractivity contribution >= 4 is 32.3 Å². The zero-order valence-corrected chi connectivity index (χ0v) is 19.7. The van der Waals surface area contributed by atoms with E-state index >= 15 is 0 Å². The Morgan fingerprint density at radius 2 is 1.76 bits per heavy atom. The van der Waals surface area contributed by atoms with Crippen molar-refractivity contribution in [2.75, 3.05) is 0 Å². The van der Waals surface area contributed by atoms with Crippen LogP contribution in [0.4, 0.5) is 0 Å². The monoisotopic (exact) mass is 490 g/mol. The Bertz CT molecular complexity index is 1690. The third-order valence-corrected chi connectivity index (χ3v) is 7.53. The lowest BCUT2D eigenvalue weighted by atomic mass is 10.0. The van der Waals surface area contributed by atoms with Gasteiger partial charge in [-0.1, -0.05) is 35.0 Å². The summed E-state index contributed by atoms with van der Waals surface area (Å²) in [5.74, 6) is -0.265. The van der Waals surface area contributed by atoms with Crippen molar-refractivity contribution < 1.29 is 12.9 Å². The molecule has 0 spiro atoms. The summed E-state index contributed by atoms with van der Waals surface area (Å²) in [4.78, 5) is 13.0. The molecule has 5 rings (SSSR count). The van der Waals surface area contributed by atoms with E-state index in [4.69, 9.17) is 16.1 Å². The van der Waals surface area contributed by atoms with Gasteiger partial charge in [0.05, 0.1) is 21.8 Å². The Morgan fingerprint density at radius 3 is 2.50 bits per heavy atom. The summed E-state index contributed by atoms with van der Waals surface area (Å²) in [6.07, 6.45) is 1.34. The van der Waals surface area contributed by atoms with Gasteiger partial charge in [-0.05, 0) is 72.1 Å². The number of halogens is 1. The zero-order valence-electron chi connectivity index (χ0n) is 18.1. The van der Waals surface area contributed by atoms with E-state index in [1.165, 1.54) is 24.5 Å². The molecule has 0 N–H and O–H groups in total. The smallest absolute Gasteiger partial charge is 0.255 e. The van der Waals surface area contributed by atoms with Gasteiger partial charge in [-0.2, -0.15) is 0 Å². The summed E-state index contributed by atoms with van der Waals surface area (Å²) in [6, 6.07) is 22.8. The van der Waals surface area contributed by atoms with Crippen molar-refractivity contribution in [1.82, 2.24) is 9.72 Å². The molecule has 2 aromatic heterocycles. The van der Waals surface area contributed by atoms with E-state index in [2.05, 4.69) is 5.16 Å². The van der Waals surface area contributed by atoms with E-state index < -0.39 is 9.84 Å². The summed E-state index contributed by atoms with van der Waals surface area (Å²) in [5.41, 5.74) is 4.33. The molecule has 2 heterocycles. The SMILES string of the molecule is Cc1cc(-c2cccc(Cl)c2)ccc1-n1c(=O)ccc2cc(S(=O)(=O)Cc3ccon3)ccc21. The highest BCUT2D eigenvalue weighted by atomic mass is 35.5. The van der Waals surface area contributed by atoms with Gasteiger partial charge < -0.3 is 4.52 Å².